The lowest BCUT2D eigenvalue weighted by Crippen LogP contribution is -2.52. The van der Waals surface area contributed by atoms with Gasteiger partial charge in [-0.05, 0) is 24.3 Å². The molecule has 0 radical (unpaired) electrons. The van der Waals surface area contributed by atoms with Crippen LogP contribution in [0.25, 0.3) is 10.8 Å². The van der Waals surface area contributed by atoms with Crippen LogP contribution in [0.4, 0.5) is 5.69 Å². The summed E-state index contributed by atoms with van der Waals surface area (Å²) in [5, 5.41) is 5.72. The minimum atomic E-state index is -0.0577. The molecule has 1 fully saturated rings. The molecule has 2 aromatic rings. The maximum atomic E-state index is 12.8. The van der Waals surface area contributed by atoms with E-state index in [1.807, 2.05) is 23.1 Å². The molecule has 1 atom stereocenters. The van der Waals surface area contributed by atoms with Crippen molar-refractivity contribution in [1.82, 2.24) is 5.32 Å². The smallest absolute Gasteiger partial charge is 0.244 e. The maximum Gasteiger partial charge on any atom is 0.244 e. The number of nitrogens with zero attached hydrogens (tertiary/aromatic N) is 1. The van der Waals surface area contributed by atoms with Crippen molar-refractivity contribution in [2.45, 2.75) is 38.8 Å². The Hall–Kier alpha value is -1.87. The van der Waals surface area contributed by atoms with Gasteiger partial charge in [0.2, 0.25) is 5.91 Å². The number of amides is 1. The fourth-order valence-electron chi connectivity index (χ4n) is 3.12. The summed E-state index contributed by atoms with van der Waals surface area (Å²) in [6, 6.07) is 14.7. The highest BCUT2D eigenvalue weighted by atomic mass is 16.2. The van der Waals surface area contributed by atoms with Crippen LogP contribution < -0.4 is 10.2 Å². The molecule has 1 unspecified atom stereocenters. The molecule has 0 aromatic heterocycles. The zero-order valence-electron chi connectivity index (χ0n) is 12.7. The summed E-state index contributed by atoms with van der Waals surface area (Å²) in [5.74, 6) is 0.200. The molecular weight excluding hydrogens is 260 g/mol. The van der Waals surface area contributed by atoms with Crippen LogP contribution in [0.1, 0.15) is 26.7 Å². The summed E-state index contributed by atoms with van der Waals surface area (Å²) < 4.78 is 0. The predicted octanol–water partition coefficient (Wildman–Crippen LogP) is 3.33. The SMILES string of the molecule is CC(C)NC1CCCN(c2cccc3ccccc23)C1=O. The summed E-state index contributed by atoms with van der Waals surface area (Å²) in [6.07, 6.45) is 1.97. The molecule has 1 saturated heterocycles. The van der Waals surface area contributed by atoms with Gasteiger partial charge in [-0.2, -0.15) is 0 Å². The molecule has 1 aliphatic rings. The van der Waals surface area contributed by atoms with Gasteiger partial charge in [0, 0.05) is 18.0 Å². The van der Waals surface area contributed by atoms with E-state index in [1.54, 1.807) is 0 Å². The number of anilines is 1. The average molecular weight is 282 g/mol. The third kappa shape index (κ3) is 2.79. The lowest BCUT2D eigenvalue weighted by Gasteiger charge is -2.34. The van der Waals surface area contributed by atoms with E-state index in [2.05, 4.69) is 43.4 Å². The van der Waals surface area contributed by atoms with Crippen LogP contribution in [-0.2, 0) is 4.79 Å². The van der Waals surface area contributed by atoms with Crippen molar-refractivity contribution in [3.05, 3.63) is 42.5 Å². The van der Waals surface area contributed by atoms with Crippen molar-refractivity contribution in [2.24, 2.45) is 0 Å². The normalized spacial score (nSPS) is 19.5. The number of carbonyl (C=O) groups excluding carboxylic acids is 1. The van der Waals surface area contributed by atoms with E-state index >= 15 is 0 Å². The van der Waals surface area contributed by atoms with Gasteiger partial charge < -0.3 is 10.2 Å². The van der Waals surface area contributed by atoms with Crippen LogP contribution in [0.2, 0.25) is 0 Å². The largest absolute Gasteiger partial charge is 0.310 e. The maximum absolute atomic E-state index is 12.8. The van der Waals surface area contributed by atoms with Crippen LogP contribution >= 0.6 is 0 Å². The van der Waals surface area contributed by atoms with E-state index in [0.29, 0.717) is 6.04 Å². The number of hydrogen-bond donors (Lipinski definition) is 1. The number of carbonyl (C=O) groups is 1. The van der Waals surface area contributed by atoms with Gasteiger partial charge in [-0.1, -0.05) is 50.2 Å². The number of fused-ring (bicyclic) bond motifs is 1. The van der Waals surface area contributed by atoms with Gasteiger partial charge >= 0.3 is 0 Å². The molecule has 2 aromatic carbocycles. The first-order valence-corrected chi connectivity index (χ1v) is 7.72. The van der Waals surface area contributed by atoms with Crippen LogP contribution in [0.3, 0.4) is 0 Å². The number of benzene rings is 2. The molecular formula is C18H22N2O. The number of nitrogens with one attached hydrogen (secondary N) is 1. The molecule has 1 amide bonds. The third-order valence-electron chi connectivity index (χ3n) is 4.03. The van der Waals surface area contributed by atoms with Crippen molar-refractivity contribution < 1.29 is 4.79 Å². The Balaban J connectivity index is 1.96. The number of rotatable bonds is 3. The first-order chi connectivity index (χ1) is 10.2. The van der Waals surface area contributed by atoms with Gasteiger partial charge in [0.15, 0.2) is 0 Å². The van der Waals surface area contributed by atoms with E-state index in [-0.39, 0.29) is 11.9 Å². The molecule has 0 aliphatic carbocycles. The molecule has 1 aliphatic heterocycles. The Labute approximate surface area is 125 Å². The summed E-state index contributed by atoms with van der Waals surface area (Å²) in [7, 11) is 0. The highest BCUT2D eigenvalue weighted by Crippen LogP contribution is 2.29. The summed E-state index contributed by atoms with van der Waals surface area (Å²) in [4.78, 5) is 14.7. The fourth-order valence-corrected chi connectivity index (χ4v) is 3.12. The molecule has 110 valence electrons. The molecule has 3 nitrogen and oxygen atoms in total. The van der Waals surface area contributed by atoms with Crippen LogP contribution in [0.5, 0.6) is 0 Å². The quantitative estimate of drug-likeness (QED) is 0.936. The second-order valence-electron chi connectivity index (χ2n) is 6.00. The molecule has 1 heterocycles. The summed E-state index contributed by atoms with van der Waals surface area (Å²) in [5.41, 5.74) is 1.04. The molecule has 21 heavy (non-hydrogen) atoms. The Morgan fingerprint density at radius 3 is 2.71 bits per heavy atom. The van der Waals surface area contributed by atoms with E-state index < -0.39 is 0 Å². The van der Waals surface area contributed by atoms with E-state index in [9.17, 15) is 4.79 Å². The van der Waals surface area contributed by atoms with Crippen molar-refractivity contribution in [3.63, 3.8) is 0 Å². The standard InChI is InChI=1S/C18H22N2O/c1-13(2)19-16-10-6-12-20(18(16)21)17-11-5-8-14-7-3-4-9-15(14)17/h3-5,7-9,11,13,16,19H,6,10,12H2,1-2H3. The zero-order chi connectivity index (χ0) is 14.8. The molecule has 0 spiro atoms. The van der Waals surface area contributed by atoms with Crippen molar-refractivity contribution in [2.75, 3.05) is 11.4 Å². The Morgan fingerprint density at radius 1 is 1.14 bits per heavy atom. The highest BCUT2D eigenvalue weighted by Gasteiger charge is 2.30. The van der Waals surface area contributed by atoms with Gasteiger partial charge in [-0.3, -0.25) is 4.79 Å². The van der Waals surface area contributed by atoms with Crippen LogP contribution in [0.15, 0.2) is 42.5 Å². The highest BCUT2D eigenvalue weighted by molar-refractivity contribution is 6.05. The number of piperidine rings is 1. The van der Waals surface area contributed by atoms with Crippen LogP contribution in [0, 0.1) is 0 Å². The molecule has 1 N–H and O–H groups in total. The minimum absolute atomic E-state index is 0.0577. The molecule has 0 bridgehead atoms. The first-order valence-electron chi connectivity index (χ1n) is 7.72. The molecule has 0 saturated carbocycles. The first kappa shape index (κ1) is 14.1. The van der Waals surface area contributed by atoms with Crippen LogP contribution in [-0.4, -0.2) is 24.5 Å². The van der Waals surface area contributed by atoms with Crippen molar-refractivity contribution in [3.8, 4) is 0 Å². The zero-order valence-corrected chi connectivity index (χ0v) is 12.7. The fraction of sp³-hybridized carbons (Fsp3) is 0.389. The van der Waals surface area contributed by atoms with Gasteiger partial charge in [0.1, 0.15) is 0 Å². The monoisotopic (exact) mass is 282 g/mol. The summed E-state index contributed by atoms with van der Waals surface area (Å²) >= 11 is 0. The lowest BCUT2D eigenvalue weighted by atomic mass is 10.0. The van der Waals surface area contributed by atoms with Gasteiger partial charge in [0.25, 0.3) is 0 Å². The topological polar surface area (TPSA) is 32.3 Å². The van der Waals surface area contributed by atoms with E-state index in [4.69, 9.17) is 0 Å². The minimum Gasteiger partial charge on any atom is -0.310 e. The van der Waals surface area contributed by atoms with Gasteiger partial charge in [-0.25, -0.2) is 0 Å². The Bertz CT molecular complexity index is 645. The third-order valence-corrected chi connectivity index (χ3v) is 4.03. The second-order valence-corrected chi connectivity index (χ2v) is 6.00. The van der Waals surface area contributed by atoms with Gasteiger partial charge in [-0.15, -0.1) is 0 Å². The lowest BCUT2D eigenvalue weighted by molar-refractivity contribution is -0.121. The second kappa shape index (κ2) is 5.86. The summed E-state index contributed by atoms with van der Waals surface area (Å²) in [6.45, 7) is 4.98. The molecule has 3 rings (SSSR count). The van der Waals surface area contributed by atoms with Crippen molar-refractivity contribution >= 4 is 22.4 Å². The molecule has 3 heteroatoms. The van der Waals surface area contributed by atoms with Gasteiger partial charge in [0.05, 0.1) is 11.7 Å². The Kier molecular flexibility index (Phi) is 3.93. The average Bonchev–Trinajstić information content (AvgIpc) is 2.49. The van der Waals surface area contributed by atoms with E-state index in [0.717, 1.165) is 30.5 Å². The predicted molar refractivity (Wildman–Crippen MR) is 87.6 cm³/mol. The number of hydrogen-bond acceptors (Lipinski definition) is 2. The van der Waals surface area contributed by atoms with E-state index in [1.165, 1.54) is 5.39 Å². The Morgan fingerprint density at radius 2 is 1.90 bits per heavy atom. The van der Waals surface area contributed by atoms with Crippen molar-refractivity contribution in [1.29, 1.82) is 0 Å².